The average molecular weight is 217 g/mol. The Morgan fingerprint density at radius 3 is 2.53 bits per heavy atom. The lowest BCUT2D eigenvalue weighted by Gasteiger charge is -2.12. The number of esters is 1. The van der Waals surface area contributed by atoms with Gasteiger partial charge in [0.1, 0.15) is 11.9 Å². The number of methoxy groups -OCH3 is 1. The number of nitrogens with two attached hydrogens (primary N) is 1. The predicted molar refractivity (Wildman–Crippen MR) is 47.0 cm³/mol. The van der Waals surface area contributed by atoms with Gasteiger partial charge in [-0.1, -0.05) is 0 Å². The maximum absolute atomic E-state index is 13.2. The van der Waals surface area contributed by atoms with E-state index < -0.39 is 35.0 Å². The van der Waals surface area contributed by atoms with E-state index in [0.29, 0.717) is 0 Å². The zero-order valence-electron chi connectivity index (χ0n) is 7.83. The molecule has 0 unspecified atom stereocenters. The summed E-state index contributed by atoms with van der Waals surface area (Å²) in [6.45, 7) is 0. The predicted octanol–water partition coefficient (Wildman–Crippen LogP) is 0.843. The van der Waals surface area contributed by atoms with Crippen molar-refractivity contribution in [1.82, 2.24) is 0 Å². The Morgan fingerprint density at radius 1 is 1.47 bits per heavy atom. The summed E-state index contributed by atoms with van der Waals surface area (Å²) in [5.74, 6) is -3.96. The van der Waals surface area contributed by atoms with Crippen LogP contribution in [0.1, 0.15) is 11.6 Å². The topological polar surface area (TPSA) is 72.5 Å². The fourth-order valence-electron chi connectivity index (χ4n) is 1.10. The van der Waals surface area contributed by atoms with Crippen molar-refractivity contribution in [3.63, 3.8) is 0 Å². The second kappa shape index (κ2) is 4.22. The van der Waals surface area contributed by atoms with E-state index in [4.69, 9.17) is 5.73 Å². The Balaban J connectivity index is 3.24. The molecule has 0 radical (unpaired) electrons. The summed E-state index contributed by atoms with van der Waals surface area (Å²) < 4.78 is 30.3. The summed E-state index contributed by atoms with van der Waals surface area (Å²) in [4.78, 5) is 11.0. The van der Waals surface area contributed by atoms with Gasteiger partial charge in [0.05, 0.1) is 12.7 Å². The molecular formula is C9H9F2NO3. The molecule has 0 heterocycles. The third-order valence-electron chi connectivity index (χ3n) is 1.88. The van der Waals surface area contributed by atoms with Gasteiger partial charge in [-0.3, -0.25) is 4.79 Å². The molecule has 82 valence electrons. The number of benzene rings is 1. The van der Waals surface area contributed by atoms with Crippen LogP contribution in [-0.2, 0) is 9.53 Å². The maximum Gasteiger partial charge on any atom is 0.327 e. The van der Waals surface area contributed by atoms with Gasteiger partial charge in [0, 0.05) is 0 Å². The van der Waals surface area contributed by atoms with Gasteiger partial charge in [0.2, 0.25) is 0 Å². The molecule has 0 saturated heterocycles. The van der Waals surface area contributed by atoms with Crippen molar-refractivity contribution in [3.8, 4) is 5.75 Å². The Hall–Kier alpha value is -1.69. The molecule has 0 fully saturated rings. The normalized spacial score (nSPS) is 12.3. The monoisotopic (exact) mass is 217 g/mol. The van der Waals surface area contributed by atoms with Crippen molar-refractivity contribution in [3.05, 3.63) is 29.3 Å². The van der Waals surface area contributed by atoms with E-state index in [9.17, 15) is 18.7 Å². The first-order chi connectivity index (χ1) is 6.99. The van der Waals surface area contributed by atoms with Crippen molar-refractivity contribution < 1.29 is 23.4 Å². The van der Waals surface area contributed by atoms with Crippen LogP contribution in [0.4, 0.5) is 8.78 Å². The van der Waals surface area contributed by atoms with E-state index in [-0.39, 0.29) is 0 Å². The van der Waals surface area contributed by atoms with Gasteiger partial charge in [-0.05, 0) is 12.1 Å². The minimum atomic E-state index is -1.55. The number of ether oxygens (including phenoxy) is 1. The van der Waals surface area contributed by atoms with Crippen molar-refractivity contribution >= 4 is 5.97 Å². The molecule has 1 aromatic rings. The van der Waals surface area contributed by atoms with Crippen LogP contribution in [0.5, 0.6) is 5.75 Å². The van der Waals surface area contributed by atoms with Crippen LogP contribution < -0.4 is 5.73 Å². The first kappa shape index (κ1) is 11.4. The molecule has 0 amide bonds. The van der Waals surface area contributed by atoms with Crippen LogP contribution in [0.25, 0.3) is 0 Å². The summed E-state index contributed by atoms with van der Waals surface area (Å²) in [5.41, 5.74) is 4.67. The highest BCUT2D eigenvalue weighted by molar-refractivity contribution is 5.78. The number of hydrogen-bond donors (Lipinski definition) is 2. The first-order valence-electron chi connectivity index (χ1n) is 3.99. The zero-order valence-corrected chi connectivity index (χ0v) is 7.83. The molecule has 0 aliphatic heterocycles. The van der Waals surface area contributed by atoms with E-state index in [2.05, 4.69) is 4.74 Å². The van der Waals surface area contributed by atoms with Crippen LogP contribution >= 0.6 is 0 Å². The van der Waals surface area contributed by atoms with E-state index in [1.807, 2.05) is 0 Å². The standard InChI is InChI=1S/C9H9F2NO3/c1-15-9(14)7(12)6-4(10)2-3-5(11)8(6)13/h2-3,7,13H,12H2,1H3/t7-/m1/s1. The number of hydrogen-bond acceptors (Lipinski definition) is 4. The average Bonchev–Trinajstić information content (AvgIpc) is 2.22. The van der Waals surface area contributed by atoms with Crippen molar-refractivity contribution in [2.24, 2.45) is 5.73 Å². The molecule has 1 rings (SSSR count). The fraction of sp³-hybridized carbons (Fsp3) is 0.222. The van der Waals surface area contributed by atoms with E-state index in [0.717, 1.165) is 19.2 Å². The van der Waals surface area contributed by atoms with E-state index in [1.54, 1.807) is 0 Å². The molecule has 1 aromatic carbocycles. The molecule has 0 spiro atoms. The minimum Gasteiger partial charge on any atom is -0.505 e. The molecule has 0 aliphatic carbocycles. The number of rotatable bonds is 2. The molecular weight excluding hydrogens is 208 g/mol. The van der Waals surface area contributed by atoms with Gasteiger partial charge < -0.3 is 15.6 Å². The summed E-state index contributed by atoms with van der Waals surface area (Å²) in [6.07, 6.45) is 0. The molecule has 4 nitrogen and oxygen atoms in total. The number of halogens is 2. The highest BCUT2D eigenvalue weighted by Gasteiger charge is 2.25. The Morgan fingerprint density at radius 2 is 2.00 bits per heavy atom. The maximum atomic E-state index is 13.2. The SMILES string of the molecule is COC(=O)[C@H](N)c1c(F)ccc(F)c1O. The van der Waals surface area contributed by atoms with Gasteiger partial charge in [0.15, 0.2) is 11.6 Å². The summed E-state index contributed by atoms with van der Waals surface area (Å²) in [6, 6.07) is -0.0450. The Bertz CT molecular complexity index is 395. The minimum absolute atomic E-state index is 0.609. The van der Waals surface area contributed by atoms with Crippen LogP contribution in [0.3, 0.4) is 0 Å². The Labute approximate surface area is 84.3 Å². The first-order valence-corrected chi connectivity index (χ1v) is 3.99. The van der Waals surface area contributed by atoms with E-state index in [1.165, 1.54) is 0 Å². The van der Waals surface area contributed by atoms with E-state index >= 15 is 0 Å². The third kappa shape index (κ3) is 2.04. The summed E-state index contributed by atoms with van der Waals surface area (Å²) in [7, 11) is 1.05. The molecule has 0 aliphatic rings. The molecule has 0 aromatic heterocycles. The van der Waals surface area contributed by atoms with Crippen LogP contribution in [0.15, 0.2) is 12.1 Å². The number of phenols is 1. The van der Waals surface area contributed by atoms with Crippen molar-refractivity contribution in [2.45, 2.75) is 6.04 Å². The molecule has 0 saturated carbocycles. The lowest BCUT2D eigenvalue weighted by Crippen LogP contribution is -2.24. The lowest BCUT2D eigenvalue weighted by molar-refractivity contribution is -0.142. The highest BCUT2D eigenvalue weighted by Crippen LogP contribution is 2.28. The quantitative estimate of drug-likeness (QED) is 0.720. The van der Waals surface area contributed by atoms with Gasteiger partial charge in [-0.2, -0.15) is 0 Å². The molecule has 15 heavy (non-hydrogen) atoms. The van der Waals surface area contributed by atoms with Crippen LogP contribution in [0.2, 0.25) is 0 Å². The molecule has 1 atom stereocenters. The largest absolute Gasteiger partial charge is 0.505 e. The second-order valence-electron chi connectivity index (χ2n) is 2.79. The lowest BCUT2D eigenvalue weighted by atomic mass is 10.1. The zero-order chi connectivity index (χ0) is 11.6. The van der Waals surface area contributed by atoms with Crippen LogP contribution in [-0.4, -0.2) is 18.2 Å². The van der Waals surface area contributed by atoms with Gasteiger partial charge in [0.25, 0.3) is 0 Å². The molecule has 6 heteroatoms. The van der Waals surface area contributed by atoms with Crippen molar-refractivity contribution in [1.29, 1.82) is 0 Å². The summed E-state index contributed by atoms with van der Waals surface area (Å²) >= 11 is 0. The second-order valence-corrected chi connectivity index (χ2v) is 2.79. The smallest absolute Gasteiger partial charge is 0.327 e. The van der Waals surface area contributed by atoms with Gasteiger partial charge in [-0.25, -0.2) is 8.78 Å². The third-order valence-corrected chi connectivity index (χ3v) is 1.88. The van der Waals surface area contributed by atoms with Gasteiger partial charge >= 0.3 is 5.97 Å². The highest BCUT2D eigenvalue weighted by atomic mass is 19.1. The number of carbonyl (C=O) groups excluding carboxylic acids is 1. The Kier molecular flexibility index (Phi) is 3.21. The molecule has 3 N–H and O–H groups in total. The van der Waals surface area contributed by atoms with Crippen LogP contribution in [0, 0.1) is 11.6 Å². The fourth-order valence-corrected chi connectivity index (χ4v) is 1.10. The van der Waals surface area contributed by atoms with Crippen molar-refractivity contribution in [2.75, 3.05) is 7.11 Å². The number of phenolic OH excluding ortho intramolecular Hbond substituents is 1. The van der Waals surface area contributed by atoms with Gasteiger partial charge in [-0.15, -0.1) is 0 Å². The number of aromatic hydroxyl groups is 1. The summed E-state index contributed by atoms with van der Waals surface area (Å²) in [5, 5.41) is 9.19. The molecule has 0 bridgehead atoms. The number of carbonyl (C=O) groups is 1.